The molecular weight excluding hydrogens is 316 g/mol. The van der Waals surface area contributed by atoms with E-state index in [0.29, 0.717) is 5.56 Å². The fourth-order valence-corrected chi connectivity index (χ4v) is 1.99. The molecule has 0 unspecified atom stereocenters. The SMILES string of the molecule is CCCNCC(C)=Cc1cc(Br)ccc1OC(F)F. The van der Waals surface area contributed by atoms with Crippen LogP contribution in [0.15, 0.2) is 28.2 Å². The molecule has 1 aromatic rings. The van der Waals surface area contributed by atoms with Gasteiger partial charge in [0.1, 0.15) is 5.75 Å². The number of rotatable bonds is 7. The molecule has 0 atom stereocenters. The summed E-state index contributed by atoms with van der Waals surface area (Å²) in [5, 5.41) is 3.26. The van der Waals surface area contributed by atoms with Gasteiger partial charge in [0.2, 0.25) is 0 Å². The lowest BCUT2D eigenvalue weighted by Gasteiger charge is -2.10. The van der Waals surface area contributed by atoms with Crippen LogP contribution in [0.2, 0.25) is 0 Å². The predicted octanol–water partition coefficient (Wildman–Crippen LogP) is 4.45. The van der Waals surface area contributed by atoms with E-state index in [0.717, 1.165) is 29.6 Å². The first kappa shape index (κ1) is 16.1. The van der Waals surface area contributed by atoms with Crippen molar-refractivity contribution in [3.63, 3.8) is 0 Å². The minimum Gasteiger partial charge on any atom is -0.434 e. The maximum Gasteiger partial charge on any atom is 0.387 e. The first-order chi connectivity index (χ1) is 9.02. The fourth-order valence-electron chi connectivity index (χ4n) is 1.61. The average molecular weight is 334 g/mol. The summed E-state index contributed by atoms with van der Waals surface area (Å²) in [5.74, 6) is 0.188. The van der Waals surface area contributed by atoms with Gasteiger partial charge >= 0.3 is 6.61 Å². The standard InChI is InChI=1S/C14H18BrF2NO/c1-3-6-18-9-10(2)7-11-8-12(15)4-5-13(11)19-14(16)17/h4-5,7-8,14,18H,3,6,9H2,1-2H3. The van der Waals surface area contributed by atoms with Gasteiger partial charge in [0.15, 0.2) is 0 Å². The summed E-state index contributed by atoms with van der Waals surface area (Å²) >= 11 is 3.33. The molecule has 0 aliphatic carbocycles. The van der Waals surface area contributed by atoms with E-state index in [9.17, 15) is 8.78 Å². The zero-order valence-corrected chi connectivity index (χ0v) is 12.6. The summed E-state index contributed by atoms with van der Waals surface area (Å²) in [6.45, 7) is 2.90. The van der Waals surface area contributed by atoms with Crippen LogP contribution in [0.4, 0.5) is 8.78 Å². The lowest BCUT2D eigenvalue weighted by molar-refractivity contribution is -0.0500. The van der Waals surface area contributed by atoms with Crippen LogP contribution in [0, 0.1) is 0 Å². The molecule has 0 aromatic heterocycles. The zero-order chi connectivity index (χ0) is 14.3. The molecular formula is C14H18BrF2NO. The van der Waals surface area contributed by atoms with Crippen LogP contribution in [-0.4, -0.2) is 19.7 Å². The number of benzene rings is 1. The van der Waals surface area contributed by atoms with Gasteiger partial charge < -0.3 is 10.1 Å². The van der Waals surface area contributed by atoms with Crippen LogP contribution in [0.1, 0.15) is 25.8 Å². The molecule has 0 saturated carbocycles. The van der Waals surface area contributed by atoms with Crippen molar-refractivity contribution in [1.29, 1.82) is 0 Å². The number of hydrogen-bond acceptors (Lipinski definition) is 2. The minimum atomic E-state index is -2.81. The Labute approximate surface area is 121 Å². The quantitative estimate of drug-likeness (QED) is 0.744. The number of alkyl halides is 2. The van der Waals surface area contributed by atoms with Gasteiger partial charge in [-0.05, 0) is 38.1 Å². The largest absolute Gasteiger partial charge is 0.434 e. The second-order valence-electron chi connectivity index (χ2n) is 4.23. The number of halogens is 3. The average Bonchev–Trinajstić information content (AvgIpc) is 2.32. The van der Waals surface area contributed by atoms with E-state index in [4.69, 9.17) is 0 Å². The molecule has 5 heteroatoms. The molecule has 0 aliphatic rings. The molecule has 19 heavy (non-hydrogen) atoms. The van der Waals surface area contributed by atoms with Gasteiger partial charge in [-0.2, -0.15) is 8.78 Å². The molecule has 0 radical (unpaired) electrons. The second-order valence-corrected chi connectivity index (χ2v) is 5.14. The summed E-state index contributed by atoms with van der Waals surface area (Å²) in [4.78, 5) is 0. The van der Waals surface area contributed by atoms with Crippen molar-refractivity contribution in [2.45, 2.75) is 26.9 Å². The Hall–Kier alpha value is -0.940. The Morgan fingerprint density at radius 2 is 2.21 bits per heavy atom. The van der Waals surface area contributed by atoms with E-state index >= 15 is 0 Å². The van der Waals surface area contributed by atoms with Crippen molar-refractivity contribution in [3.05, 3.63) is 33.8 Å². The van der Waals surface area contributed by atoms with Crippen molar-refractivity contribution in [3.8, 4) is 5.75 Å². The van der Waals surface area contributed by atoms with Crippen LogP contribution < -0.4 is 10.1 Å². The Morgan fingerprint density at radius 1 is 1.47 bits per heavy atom. The first-order valence-corrected chi connectivity index (χ1v) is 6.94. The number of ether oxygens (including phenoxy) is 1. The predicted molar refractivity (Wildman–Crippen MR) is 77.6 cm³/mol. The lowest BCUT2D eigenvalue weighted by Crippen LogP contribution is -2.16. The normalized spacial score (nSPS) is 12.0. The molecule has 1 aromatic carbocycles. The first-order valence-electron chi connectivity index (χ1n) is 6.15. The highest BCUT2D eigenvalue weighted by Crippen LogP contribution is 2.26. The molecule has 0 saturated heterocycles. The van der Waals surface area contributed by atoms with E-state index < -0.39 is 6.61 Å². The maximum atomic E-state index is 12.3. The summed E-state index contributed by atoms with van der Waals surface area (Å²) in [6.07, 6.45) is 2.91. The molecule has 0 bridgehead atoms. The van der Waals surface area contributed by atoms with Crippen LogP contribution in [0.3, 0.4) is 0 Å². The second kappa shape index (κ2) is 8.27. The van der Waals surface area contributed by atoms with Gasteiger partial charge in [-0.1, -0.05) is 34.5 Å². The molecule has 1 rings (SSSR count). The van der Waals surface area contributed by atoms with Crippen molar-refractivity contribution in [1.82, 2.24) is 5.32 Å². The molecule has 0 heterocycles. The van der Waals surface area contributed by atoms with E-state index in [-0.39, 0.29) is 5.75 Å². The monoisotopic (exact) mass is 333 g/mol. The summed E-state index contributed by atoms with van der Waals surface area (Å²) < 4.78 is 30.0. The Bertz CT molecular complexity index is 435. The molecule has 0 fully saturated rings. The van der Waals surface area contributed by atoms with Gasteiger partial charge in [0, 0.05) is 16.6 Å². The summed E-state index contributed by atoms with van der Waals surface area (Å²) in [6, 6.07) is 4.98. The highest BCUT2D eigenvalue weighted by Gasteiger charge is 2.08. The van der Waals surface area contributed by atoms with Crippen molar-refractivity contribution in [2.75, 3.05) is 13.1 Å². The van der Waals surface area contributed by atoms with E-state index in [1.165, 1.54) is 6.07 Å². The van der Waals surface area contributed by atoms with E-state index in [1.54, 1.807) is 12.1 Å². The Kier molecular flexibility index (Phi) is 7.02. The molecule has 2 nitrogen and oxygen atoms in total. The van der Waals surface area contributed by atoms with E-state index in [2.05, 4.69) is 32.9 Å². The van der Waals surface area contributed by atoms with Gasteiger partial charge in [-0.3, -0.25) is 0 Å². The Morgan fingerprint density at radius 3 is 2.84 bits per heavy atom. The summed E-state index contributed by atoms with van der Waals surface area (Å²) in [5.41, 5.74) is 1.70. The molecule has 0 spiro atoms. The zero-order valence-electron chi connectivity index (χ0n) is 11.1. The summed E-state index contributed by atoms with van der Waals surface area (Å²) in [7, 11) is 0. The van der Waals surface area contributed by atoms with Crippen molar-refractivity contribution < 1.29 is 13.5 Å². The lowest BCUT2D eigenvalue weighted by atomic mass is 10.1. The maximum absolute atomic E-state index is 12.3. The molecule has 106 valence electrons. The van der Waals surface area contributed by atoms with Gasteiger partial charge in [0.25, 0.3) is 0 Å². The topological polar surface area (TPSA) is 21.3 Å². The smallest absolute Gasteiger partial charge is 0.387 e. The fraction of sp³-hybridized carbons (Fsp3) is 0.429. The van der Waals surface area contributed by atoms with Crippen molar-refractivity contribution in [2.24, 2.45) is 0 Å². The van der Waals surface area contributed by atoms with Crippen molar-refractivity contribution >= 4 is 22.0 Å². The van der Waals surface area contributed by atoms with Crippen LogP contribution >= 0.6 is 15.9 Å². The highest BCUT2D eigenvalue weighted by atomic mass is 79.9. The highest BCUT2D eigenvalue weighted by molar-refractivity contribution is 9.10. The van der Waals surface area contributed by atoms with Gasteiger partial charge in [-0.25, -0.2) is 0 Å². The molecule has 0 amide bonds. The Balaban J connectivity index is 2.84. The van der Waals surface area contributed by atoms with Gasteiger partial charge in [0.05, 0.1) is 0 Å². The number of nitrogens with one attached hydrogen (secondary N) is 1. The van der Waals surface area contributed by atoms with Gasteiger partial charge in [-0.15, -0.1) is 0 Å². The number of hydrogen-bond donors (Lipinski definition) is 1. The van der Waals surface area contributed by atoms with E-state index in [1.807, 2.05) is 13.0 Å². The third kappa shape index (κ3) is 6.16. The molecule has 0 aliphatic heterocycles. The third-order valence-electron chi connectivity index (χ3n) is 2.42. The minimum absolute atomic E-state index is 0.188. The van der Waals surface area contributed by atoms with Crippen LogP contribution in [0.5, 0.6) is 5.75 Å². The third-order valence-corrected chi connectivity index (χ3v) is 2.91. The van der Waals surface area contributed by atoms with Crippen LogP contribution in [-0.2, 0) is 0 Å². The van der Waals surface area contributed by atoms with Crippen LogP contribution in [0.25, 0.3) is 6.08 Å². The molecule has 1 N–H and O–H groups in total.